The molecule has 0 spiro atoms. The lowest BCUT2D eigenvalue weighted by Gasteiger charge is -2.09. The molecule has 15 heavy (non-hydrogen) atoms. The van der Waals surface area contributed by atoms with Gasteiger partial charge >= 0.3 is 0 Å². The van der Waals surface area contributed by atoms with Crippen LogP contribution in [0.15, 0.2) is 23.1 Å². The predicted molar refractivity (Wildman–Crippen MR) is 51.8 cm³/mol. The standard InChI is InChI=1S/C9H11F2NO2S/c1-6(2)12-15(13,14)9-4-3-7(10)5-8(9)11/h3-6,12H,1-2H3. The van der Waals surface area contributed by atoms with Crippen molar-refractivity contribution in [3.05, 3.63) is 29.8 Å². The maximum Gasteiger partial charge on any atom is 0.243 e. The molecule has 0 aliphatic heterocycles. The topological polar surface area (TPSA) is 46.2 Å². The second-order valence-corrected chi connectivity index (χ2v) is 5.03. The van der Waals surface area contributed by atoms with Gasteiger partial charge in [-0.15, -0.1) is 0 Å². The zero-order chi connectivity index (χ0) is 11.6. The van der Waals surface area contributed by atoms with E-state index >= 15 is 0 Å². The van der Waals surface area contributed by atoms with Crippen molar-refractivity contribution in [1.82, 2.24) is 4.72 Å². The smallest absolute Gasteiger partial charge is 0.209 e. The molecule has 1 aromatic rings. The molecule has 84 valence electrons. The van der Waals surface area contributed by atoms with Gasteiger partial charge in [0, 0.05) is 12.1 Å². The summed E-state index contributed by atoms with van der Waals surface area (Å²) in [6.07, 6.45) is 0. The minimum atomic E-state index is -3.90. The van der Waals surface area contributed by atoms with E-state index in [1.54, 1.807) is 13.8 Å². The number of hydrogen-bond donors (Lipinski definition) is 1. The van der Waals surface area contributed by atoms with Crippen molar-refractivity contribution in [2.45, 2.75) is 24.8 Å². The van der Waals surface area contributed by atoms with E-state index in [1.807, 2.05) is 0 Å². The normalized spacial score (nSPS) is 12.1. The Balaban J connectivity index is 3.16. The summed E-state index contributed by atoms with van der Waals surface area (Å²) in [5, 5.41) is 0. The molecule has 0 aliphatic carbocycles. The lowest BCUT2D eigenvalue weighted by Crippen LogP contribution is -2.30. The second kappa shape index (κ2) is 4.24. The molecule has 0 atom stereocenters. The Morgan fingerprint density at radius 2 is 1.87 bits per heavy atom. The van der Waals surface area contributed by atoms with Crippen molar-refractivity contribution in [1.29, 1.82) is 0 Å². The highest BCUT2D eigenvalue weighted by atomic mass is 32.2. The van der Waals surface area contributed by atoms with Crippen LogP contribution >= 0.6 is 0 Å². The number of halogens is 2. The third-order valence-electron chi connectivity index (χ3n) is 1.57. The fraction of sp³-hybridized carbons (Fsp3) is 0.333. The van der Waals surface area contributed by atoms with Gasteiger partial charge in [0.15, 0.2) is 0 Å². The first-order chi connectivity index (χ1) is 6.83. The van der Waals surface area contributed by atoms with Crippen molar-refractivity contribution in [2.75, 3.05) is 0 Å². The van der Waals surface area contributed by atoms with E-state index in [1.165, 1.54) is 0 Å². The largest absolute Gasteiger partial charge is 0.243 e. The molecule has 0 bridgehead atoms. The zero-order valence-corrected chi connectivity index (χ0v) is 9.11. The van der Waals surface area contributed by atoms with Gasteiger partial charge in [-0.1, -0.05) is 0 Å². The van der Waals surface area contributed by atoms with E-state index in [4.69, 9.17) is 0 Å². The van der Waals surface area contributed by atoms with E-state index in [0.717, 1.165) is 12.1 Å². The molecule has 0 unspecified atom stereocenters. The number of hydrogen-bond acceptors (Lipinski definition) is 2. The predicted octanol–water partition coefficient (Wildman–Crippen LogP) is 1.65. The third kappa shape index (κ3) is 2.97. The van der Waals surface area contributed by atoms with Gasteiger partial charge in [-0.05, 0) is 26.0 Å². The van der Waals surface area contributed by atoms with Crippen LogP contribution in [0.4, 0.5) is 8.78 Å². The summed E-state index contributed by atoms with van der Waals surface area (Å²) >= 11 is 0. The molecule has 0 amide bonds. The highest BCUT2D eigenvalue weighted by Gasteiger charge is 2.19. The first kappa shape index (κ1) is 12.1. The van der Waals surface area contributed by atoms with Crippen molar-refractivity contribution in [3.63, 3.8) is 0 Å². The van der Waals surface area contributed by atoms with Gasteiger partial charge in [0.25, 0.3) is 0 Å². The Kier molecular flexibility index (Phi) is 3.41. The van der Waals surface area contributed by atoms with E-state index in [0.29, 0.717) is 6.07 Å². The van der Waals surface area contributed by atoms with Crippen LogP contribution in [0.25, 0.3) is 0 Å². The van der Waals surface area contributed by atoms with Crippen molar-refractivity contribution in [2.24, 2.45) is 0 Å². The van der Waals surface area contributed by atoms with Gasteiger partial charge in [0.2, 0.25) is 10.0 Å². The molecule has 6 heteroatoms. The summed E-state index contributed by atoms with van der Waals surface area (Å²) < 4.78 is 50.9. The van der Waals surface area contributed by atoms with Crippen LogP contribution in [-0.2, 0) is 10.0 Å². The maximum atomic E-state index is 13.1. The molecule has 3 nitrogen and oxygen atoms in total. The Morgan fingerprint density at radius 3 is 2.33 bits per heavy atom. The van der Waals surface area contributed by atoms with Gasteiger partial charge in [0.1, 0.15) is 16.5 Å². The van der Waals surface area contributed by atoms with Gasteiger partial charge in [0.05, 0.1) is 0 Å². The van der Waals surface area contributed by atoms with Crippen molar-refractivity contribution in [3.8, 4) is 0 Å². The lowest BCUT2D eigenvalue weighted by atomic mass is 10.3. The molecule has 0 heterocycles. The average Bonchev–Trinajstić information content (AvgIpc) is 1.99. The molecule has 0 saturated heterocycles. The van der Waals surface area contributed by atoms with Crippen LogP contribution < -0.4 is 4.72 Å². The lowest BCUT2D eigenvalue weighted by molar-refractivity contribution is 0.538. The Labute approximate surface area is 87.2 Å². The average molecular weight is 235 g/mol. The summed E-state index contributed by atoms with van der Waals surface area (Å²) in [5.41, 5.74) is 0. The molecule has 0 fully saturated rings. The van der Waals surface area contributed by atoms with Gasteiger partial charge in [-0.2, -0.15) is 0 Å². The molecular formula is C9H11F2NO2S. The maximum absolute atomic E-state index is 13.1. The highest BCUT2D eigenvalue weighted by Crippen LogP contribution is 2.15. The summed E-state index contributed by atoms with van der Waals surface area (Å²) in [4.78, 5) is -0.544. The number of sulfonamides is 1. The van der Waals surface area contributed by atoms with Crippen LogP contribution in [0, 0.1) is 11.6 Å². The molecule has 0 aliphatic rings. The Hall–Kier alpha value is -1.01. The molecule has 1 aromatic carbocycles. The van der Waals surface area contributed by atoms with Crippen LogP contribution in [0.2, 0.25) is 0 Å². The molecule has 0 aromatic heterocycles. The summed E-state index contributed by atoms with van der Waals surface area (Å²) in [6.45, 7) is 3.22. The van der Waals surface area contributed by atoms with E-state index in [9.17, 15) is 17.2 Å². The first-order valence-corrected chi connectivity index (χ1v) is 5.78. The fourth-order valence-corrected chi connectivity index (χ4v) is 2.38. The van der Waals surface area contributed by atoms with Crippen LogP contribution in [0.3, 0.4) is 0 Å². The molecule has 1 rings (SSSR count). The molecule has 0 saturated carbocycles. The Morgan fingerprint density at radius 1 is 1.27 bits per heavy atom. The molecule has 0 radical (unpaired) electrons. The van der Waals surface area contributed by atoms with E-state index in [-0.39, 0.29) is 6.04 Å². The van der Waals surface area contributed by atoms with E-state index < -0.39 is 26.6 Å². The number of rotatable bonds is 3. The zero-order valence-electron chi connectivity index (χ0n) is 8.29. The summed E-state index contributed by atoms with van der Waals surface area (Å²) in [6, 6.07) is 1.99. The number of nitrogens with one attached hydrogen (secondary N) is 1. The molecular weight excluding hydrogens is 224 g/mol. The Bertz CT molecular complexity index is 457. The minimum absolute atomic E-state index is 0.348. The second-order valence-electron chi connectivity index (χ2n) is 3.35. The SMILES string of the molecule is CC(C)NS(=O)(=O)c1ccc(F)cc1F. The number of benzene rings is 1. The van der Waals surface area contributed by atoms with Crippen molar-refractivity contribution >= 4 is 10.0 Å². The van der Waals surface area contributed by atoms with E-state index in [2.05, 4.69) is 4.72 Å². The van der Waals surface area contributed by atoms with Crippen LogP contribution in [-0.4, -0.2) is 14.5 Å². The quantitative estimate of drug-likeness (QED) is 0.865. The first-order valence-electron chi connectivity index (χ1n) is 4.30. The monoisotopic (exact) mass is 235 g/mol. The minimum Gasteiger partial charge on any atom is -0.209 e. The fourth-order valence-electron chi connectivity index (χ4n) is 1.07. The van der Waals surface area contributed by atoms with Crippen LogP contribution in [0.1, 0.15) is 13.8 Å². The van der Waals surface area contributed by atoms with Gasteiger partial charge in [-0.25, -0.2) is 21.9 Å². The summed E-state index contributed by atoms with van der Waals surface area (Å²) in [5.74, 6) is -1.90. The van der Waals surface area contributed by atoms with Crippen molar-refractivity contribution < 1.29 is 17.2 Å². The summed E-state index contributed by atoms with van der Waals surface area (Å²) in [7, 11) is -3.90. The van der Waals surface area contributed by atoms with Gasteiger partial charge < -0.3 is 0 Å². The third-order valence-corrected chi connectivity index (χ3v) is 3.27. The van der Waals surface area contributed by atoms with Crippen LogP contribution in [0.5, 0.6) is 0 Å². The highest BCUT2D eigenvalue weighted by molar-refractivity contribution is 7.89. The van der Waals surface area contributed by atoms with Gasteiger partial charge in [-0.3, -0.25) is 0 Å². The molecule has 1 N–H and O–H groups in total.